The molecular formula is C15H12ClFO3S. The molecule has 0 amide bonds. The molecule has 0 aliphatic heterocycles. The van der Waals surface area contributed by atoms with Gasteiger partial charge in [-0.2, -0.15) is 0 Å². The second-order valence-electron chi connectivity index (χ2n) is 4.44. The molecule has 6 heteroatoms. The van der Waals surface area contributed by atoms with E-state index in [0.29, 0.717) is 21.0 Å². The van der Waals surface area contributed by atoms with Gasteiger partial charge in [0.05, 0.1) is 23.0 Å². The van der Waals surface area contributed by atoms with Crippen LogP contribution in [0.15, 0.2) is 47.4 Å². The molecule has 2 aromatic rings. The van der Waals surface area contributed by atoms with Crippen molar-refractivity contribution in [1.29, 1.82) is 0 Å². The third kappa shape index (κ3) is 4.37. The quantitative estimate of drug-likeness (QED) is 0.916. The van der Waals surface area contributed by atoms with E-state index in [9.17, 15) is 13.4 Å². The summed E-state index contributed by atoms with van der Waals surface area (Å²) in [4.78, 5) is 11.1. The molecule has 0 saturated carbocycles. The maximum atomic E-state index is 13.2. The fourth-order valence-electron chi connectivity index (χ4n) is 1.81. The van der Waals surface area contributed by atoms with Gasteiger partial charge in [-0.3, -0.25) is 9.00 Å². The van der Waals surface area contributed by atoms with E-state index < -0.39 is 22.6 Å². The molecule has 0 spiro atoms. The first-order chi connectivity index (χ1) is 9.95. The van der Waals surface area contributed by atoms with E-state index in [1.807, 2.05) is 0 Å². The predicted molar refractivity (Wildman–Crippen MR) is 79.3 cm³/mol. The third-order valence-electron chi connectivity index (χ3n) is 2.84. The van der Waals surface area contributed by atoms with E-state index in [0.717, 1.165) is 0 Å². The summed E-state index contributed by atoms with van der Waals surface area (Å²) in [6, 6.07) is 10.4. The Morgan fingerprint density at radius 3 is 2.48 bits per heavy atom. The van der Waals surface area contributed by atoms with Crippen LogP contribution in [0.4, 0.5) is 4.39 Å². The Morgan fingerprint density at radius 1 is 1.19 bits per heavy atom. The zero-order chi connectivity index (χ0) is 15.4. The summed E-state index contributed by atoms with van der Waals surface area (Å²) in [5.74, 6) is -1.24. The van der Waals surface area contributed by atoms with Gasteiger partial charge in [0.15, 0.2) is 0 Å². The summed E-state index contributed by atoms with van der Waals surface area (Å²) in [7, 11) is -1.37. The molecule has 2 rings (SSSR count). The van der Waals surface area contributed by atoms with Crippen molar-refractivity contribution in [3.05, 3.63) is 64.4 Å². The number of carboxylic acid groups (broad SMARTS) is 1. The van der Waals surface area contributed by atoms with E-state index in [-0.39, 0.29) is 12.2 Å². The first kappa shape index (κ1) is 15.7. The monoisotopic (exact) mass is 326 g/mol. The van der Waals surface area contributed by atoms with Crippen LogP contribution in [0.2, 0.25) is 5.02 Å². The Labute approximate surface area is 128 Å². The molecule has 110 valence electrons. The average molecular weight is 327 g/mol. The topological polar surface area (TPSA) is 54.4 Å². The summed E-state index contributed by atoms with van der Waals surface area (Å²) >= 11 is 5.94. The lowest BCUT2D eigenvalue weighted by Gasteiger charge is -2.06. The van der Waals surface area contributed by atoms with Gasteiger partial charge in [0, 0.05) is 9.92 Å². The molecule has 0 heterocycles. The zero-order valence-electron chi connectivity index (χ0n) is 10.9. The van der Waals surface area contributed by atoms with Crippen LogP contribution in [0.3, 0.4) is 0 Å². The van der Waals surface area contributed by atoms with Gasteiger partial charge in [0.1, 0.15) is 5.82 Å². The van der Waals surface area contributed by atoms with Crippen molar-refractivity contribution >= 4 is 28.4 Å². The third-order valence-corrected chi connectivity index (χ3v) is 4.58. The Bertz CT molecular complexity index is 686. The molecule has 0 bridgehead atoms. The minimum Gasteiger partial charge on any atom is -0.481 e. The highest BCUT2D eigenvalue weighted by atomic mass is 35.5. The van der Waals surface area contributed by atoms with Crippen LogP contribution >= 0.6 is 11.6 Å². The number of hydrogen-bond acceptors (Lipinski definition) is 2. The molecule has 2 aromatic carbocycles. The van der Waals surface area contributed by atoms with Gasteiger partial charge in [-0.05, 0) is 41.5 Å². The molecule has 0 radical (unpaired) electrons. The molecule has 0 saturated heterocycles. The summed E-state index contributed by atoms with van der Waals surface area (Å²) in [5.41, 5.74) is 1.11. The van der Waals surface area contributed by atoms with Gasteiger partial charge >= 0.3 is 5.97 Å². The standard InChI is InChI=1S/C15H12ClFO3S/c16-14-6-3-12(17)8-11(14)9-21(20)13-4-1-10(2-5-13)7-15(18)19/h1-6,8H,7,9H2,(H,18,19). The molecule has 0 fully saturated rings. The maximum Gasteiger partial charge on any atom is 0.307 e. The van der Waals surface area contributed by atoms with Crippen molar-refractivity contribution in [2.75, 3.05) is 0 Å². The molecule has 0 aliphatic carbocycles. The Hall–Kier alpha value is -1.72. The van der Waals surface area contributed by atoms with E-state index in [1.54, 1.807) is 24.3 Å². The Morgan fingerprint density at radius 2 is 1.86 bits per heavy atom. The smallest absolute Gasteiger partial charge is 0.307 e. The molecule has 21 heavy (non-hydrogen) atoms. The average Bonchev–Trinajstić information content (AvgIpc) is 2.43. The SMILES string of the molecule is O=C(O)Cc1ccc(S(=O)Cc2cc(F)ccc2Cl)cc1. The fourth-order valence-corrected chi connectivity index (χ4v) is 3.20. The van der Waals surface area contributed by atoms with Crippen molar-refractivity contribution in [2.45, 2.75) is 17.1 Å². The number of carboxylic acids is 1. The highest BCUT2D eigenvalue weighted by Crippen LogP contribution is 2.21. The first-order valence-electron chi connectivity index (χ1n) is 6.09. The molecule has 1 N–H and O–H groups in total. The summed E-state index contributed by atoms with van der Waals surface area (Å²) in [6.45, 7) is 0. The van der Waals surface area contributed by atoms with Crippen LogP contribution in [-0.4, -0.2) is 15.3 Å². The largest absolute Gasteiger partial charge is 0.481 e. The van der Waals surface area contributed by atoms with Crippen molar-refractivity contribution in [3.8, 4) is 0 Å². The predicted octanol–water partition coefficient (Wildman–Crippen LogP) is 3.41. The normalized spacial score (nSPS) is 12.1. The number of aliphatic carboxylic acids is 1. The minimum absolute atomic E-state index is 0.0807. The van der Waals surface area contributed by atoms with Gasteiger partial charge in [-0.1, -0.05) is 23.7 Å². The highest BCUT2D eigenvalue weighted by molar-refractivity contribution is 7.84. The fraction of sp³-hybridized carbons (Fsp3) is 0.133. The summed E-state index contributed by atoms with van der Waals surface area (Å²) < 4.78 is 25.4. The van der Waals surface area contributed by atoms with Gasteiger partial charge in [-0.15, -0.1) is 0 Å². The number of carbonyl (C=O) groups is 1. The van der Waals surface area contributed by atoms with Crippen LogP contribution in [0.1, 0.15) is 11.1 Å². The lowest BCUT2D eigenvalue weighted by atomic mass is 10.2. The van der Waals surface area contributed by atoms with Gasteiger partial charge in [0.2, 0.25) is 0 Å². The zero-order valence-corrected chi connectivity index (χ0v) is 12.5. The number of rotatable bonds is 5. The van der Waals surface area contributed by atoms with E-state index in [4.69, 9.17) is 16.7 Å². The van der Waals surface area contributed by atoms with E-state index in [2.05, 4.69) is 0 Å². The van der Waals surface area contributed by atoms with Crippen LogP contribution in [-0.2, 0) is 27.8 Å². The van der Waals surface area contributed by atoms with Crippen LogP contribution in [0.25, 0.3) is 0 Å². The van der Waals surface area contributed by atoms with Crippen LogP contribution < -0.4 is 0 Å². The number of hydrogen-bond donors (Lipinski definition) is 1. The second-order valence-corrected chi connectivity index (χ2v) is 6.30. The molecular weight excluding hydrogens is 315 g/mol. The van der Waals surface area contributed by atoms with E-state index in [1.165, 1.54) is 18.2 Å². The lowest BCUT2D eigenvalue weighted by Crippen LogP contribution is -2.01. The van der Waals surface area contributed by atoms with Gasteiger partial charge in [0.25, 0.3) is 0 Å². The highest BCUT2D eigenvalue weighted by Gasteiger charge is 2.10. The summed E-state index contributed by atoms with van der Waals surface area (Å²) in [5, 5.41) is 9.05. The van der Waals surface area contributed by atoms with Crippen molar-refractivity contribution in [1.82, 2.24) is 0 Å². The van der Waals surface area contributed by atoms with Crippen molar-refractivity contribution in [2.24, 2.45) is 0 Å². The first-order valence-corrected chi connectivity index (χ1v) is 7.78. The van der Waals surface area contributed by atoms with Gasteiger partial charge in [-0.25, -0.2) is 4.39 Å². The molecule has 0 aromatic heterocycles. The van der Waals surface area contributed by atoms with Gasteiger partial charge < -0.3 is 5.11 Å². The summed E-state index contributed by atoms with van der Waals surface area (Å²) in [6.07, 6.45) is -0.0807. The molecule has 3 nitrogen and oxygen atoms in total. The lowest BCUT2D eigenvalue weighted by molar-refractivity contribution is -0.136. The number of halogens is 2. The Balaban J connectivity index is 2.13. The van der Waals surface area contributed by atoms with Crippen LogP contribution in [0.5, 0.6) is 0 Å². The Kier molecular flexibility index (Phi) is 5.09. The second kappa shape index (κ2) is 6.83. The molecule has 0 aliphatic rings. The van der Waals surface area contributed by atoms with Crippen molar-refractivity contribution < 1.29 is 18.5 Å². The minimum atomic E-state index is -1.37. The molecule has 1 unspecified atom stereocenters. The van der Waals surface area contributed by atoms with Crippen molar-refractivity contribution in [3.63, 3.8) is 0 Å². The van der Waals surface area contributed by atoms with Crippen LogP contribution in [0, 0.1) is 5.82 Å². The maximum absolute atomic E-state index is 13.2. The van der Waals surface area contributed by atoms with E-state index >= 15 is 0 Å². The number of benzene rings is 2. The molecule has 1 atom stereocenters.